The summed E-state index contributed by atoms with van der Waals surface area (Å²) in [5.41, 5.74) is -0.831. The third-order valence-corrected chi connectivity index (χ3v) is 5.29. The van der Waals surface area contributed by atoms with Crippen LogP contribution in [-0.2, 0) is 14.3 Å². The van der Waals surface area contributed by atoms with E-state index >= 15 is 0 Å². The predicted octanol–water partition coefficient (Wildman–Crippen LogP) is 4.09. The van der Waals surface area contributed by atoms with Gasteiger partial charge in [-0.1, -0.05) is 40.0 Å². The molecular weight excluding hydrogens is 252 g/mol. The highest BCUT2D eigenvalue weighted by Crippen LogP contribution is 2.59. The first-order valence-corrected chi connectivity index (χ1v) is 8.38. The van der Waals surface area contributed by atoms with E-state index in [1.165, 1.54) is 19.3 Å². The van der Waals surface area contributed by atoms with Crippen LogP contribution in [0.25, 0.3) is 0 Å². The zero-order valence-corrected chi connectivity index (χ0v) is 13.5. The Labute approximate surface area is 123 Å². The van der Waals surface area contributed by atoms with E-state index in [9.17, 15) is 4.79 Å². The number of ether oxygens (including phenoxy) is 2. The Morgan fingerprint density at radius 3 is 2.65 bits per heavy atom. The number of carbonyl (C=O) groups excluding carboxylic acids is 1. The van der Waals surface area contributed by atoms with Gasteiger partial charge in [0.25, 0.3) is 0 Å². The van der Waals surface area contributed by atoms with Gasteiger partial charge in [0.15, 0.2) is 5.60 Å². The van der Waals surface area contributed by atoms with Crippen molar-refractivity contribution in [3.05, 3.63) is 0 Å². The molecule has 2 aliphatic rings. The molecule has 3 atom stereocenters. The second kappa shape index (κ2) is 6.05. The van der Waals surface area contributed by atoms with E-state index in [2.05, 4.69) is 20.8 Å². The highest BCUT2D eigenvalue weighted by atomic mass is 16.7. The number of esters is 1. The number of epoxide rings is 1. The maximum atomic E-state index is 12.4. The van der Waals surface area contributed by atoms with Crippen molar-refractivity contribution in [3.8, 4) is 0 Å². The first kappa shape index (κ1) is 15.8. The van der Waals surface area contributed by atoms with Crippen molar-refractivity contribution in [2.24, 2.45) is 11.8 Å². The SMILES string of the molecule is CCCC1(C(=O)OCC)OC12CCCC(C(C)C)CC2. The van der Waals surface area contributed by atoms with Crippen molar-refractivity contribution in [3.63, 3.8) is 0 Å². The third-order valence-electron chi connectivity index (χ3n) is 5.29. The molecular formula is C17H30O3. The van der Waals surface area contributed by atoms with Crippen LogP contribution < -0.4 is 0 Å². The molecule has 3 nitrogen and oxygen atoms in total. The van der Waals surface area contributed by atoms with Gasteiger partial charge in [-0.05, 0) is 44.4 Å². The zero-order valence-electron chi connectivity index (χ0n) is 13.5. The quantitative estimate of drug-likeness (QED) is 0.563. The van der Waals surface area contributed by atoms with Gasteiger partial charge in [0.1, 0.15) is 5.60 Å². The van der Waals surface area contributed by atoms with Gasteiger partial charge in [-0.2, -0.15) is 0 Å². The van der Waals surface area contributed by atoms with Gasteiger partial charge in [0.2, 0.25) is 0 Å². The molecule has 0 bridgehead atoms. The van der Waals surface area contributed by atoms with Crippen LogP contribution in [0.15, 0.2) is 0 Å². The summed E-state index contributed by atoms with van der Waals surface area (Å²) in [5, 5.41) is 0. The maximum absolute atomic E-state index is 12.4. The molecule has 20 heavy (non-hydrogen) atoms. The summed E-state index contributed by atoms with van der Waals surface area (Å²) in [6.07, 6.45) is 7.44. The lowest BCUT2D eigenvalue weighted by molar-refractivity contribution is -0.149. The molecule has 3 heteroatoms. The van der Waals surface area contributed by atoms with Crippen LogP contribution in [-0.4, -0.2) is 23.8 Å². The molecule has 0 radical (unpaired) electrons. The molecule has 1 aliphatic heterocycles. The van der Waals surface area contributed by atoms with Crippen LogP contribution >= 0.6 is 0 Å². The number of hydrogen-bond acceptors (Lipinski definition) is 3. The van der Waals surface area contributed by atoms with E-state index < -0.39 is 5.60 Å². The number of rotatable bonds is 5. The van der Waals surface area contributed by atoms with Crippen molar-refractivity contribution >= 4 is 5.97 Å². The van der Waals surface area contributed by atoms with Gasteiger partial charge in [-0.15, -0.1) is 0 Å². The Balaban J connectivity index is 2.09. The van der Waals surface area contributed by atoms with Crippen molar-refractivity contribution in [2.45, 2.75) is 83.8 Å². The molecule has 2 rings (SSSR count). The summed E-state index contributed by atoms with van der Waals surface area (Å²) in [4.78, 5) is 12.4. The largest absolute Gasteiger partial charge is 0.464 e. The van der Waals surface area contributed by atoms with Crippen molar-refractivity contribution in [2.75, 3.05) is 6.61 Å². The Morgan fingerprint density at radius 1 is 1.30 bits per heavy atom. The first-order valence-electron chi connectivity index (χ1n) is 8.38. The van der Waals surface area contributed by atoms with Crippen LogP contribution in [0.4, 0.5) is 0 Å². The number of hydrogen-bond donors (Lipinski definition) is 0. The van der Waals surface area contributed by atoms with E-state index in [0.717, 1.165) is 37.5 Å². The molecule has 1 heterocycles. The molecule has 1 aliphatic carbocycles. The molecule has 0 aromatic rings. The van der Waals surface area contributed by atoms with Gasteiger partial charge in [0, 0.05) is 0 Å². The predicted molar refractivity (Wildman–Crippen MR) is 79.5 cm³/mol. The highest BCUT2D eigenvalue weighted by Gasteiger charge is 2.73. The van der Waals surface area contributed by atoms with E-state index in [1.807, 2.05) is 6.92 Å². The number of carbonyl (C=O) groups is 1. The van der Waals surface area contributed by atoms with Crippen LogP contribution in [0.2, 0.25) is 0 Å². The van der Waals surface area contributed by atoms with Crippen LogP contribution in [0, 0.1) is 11.8 Å². The summed E-state index contributed by atoms with van der Waals surface area (Å²) < 4.78 is 11.4. The van der Waals surface area contributed by atoms with Crippen LogP contribution in [0.5, 0.6) is 0 Å². The van der Waals surface area contributed by atoms with Crippen molar-refractivity contribution in [1.29, 1.82) is 0 Å². The molecule has 2 fully saturated rings. The molecule has 0 amide bonds. The first-order chi connectivity index (χ1) is 9.51. The smallest absolute Gasteiger partial charge is 0.341 e. The Morgan fingerprint density at radius 2 is 2.05 bits per heavy atom. The monoisotopic (exact) mass is 282 g/mol. The summed E-state index contributed by atoms with van der Waals surface area (Å²) in [7, 11) is 0. The molecule has 0 aromatic heterocycles. The molecule has 3 unspecified atom stereocenters. The fourth-order valence-electron chi connectivity index (χ4n) is 4.03. The Hall–Kier alpha value is -0.570. The molecule has 1 saturated carbocycles. The molecule has 1 saturated heterocycles. The van der Waals surface area contributed by atoms with E-state index in [0.29, 0.717) is 6.61 Å². The second-order valence-electron chi connectivity index (χ2n) is 6.83. The van der Waals surface area contributed by atoms with Gasteiger partial charge in [-0.3, -0.25) is 0 Å². The van der Waals surface area contributed by atoms with Gasteiger partial charge in [0.05, 0.1) is 6.61 Å². The minimum absolute atomic E-state index is 0.121. The molecule has 0 aromatic carbocycles. The minimum Gasteiger partial charge on any atom is -0.464 e. The third kappa shape index (κ3) is 2.61. The average molecular weight is 282 g/mol. The topological polar surface area (TPSA) is 38.8 Å². The van der Waals surface area contributed by atoms with Gasteiger partial charge < -0.3 is 9.47 Å². The summed E-state index contributed by atoms with van der Waals surface area (Å²) in [5.74, 6) is 1.39. The zero-order chi connectivity index (χ0) is 14.8. The Bertz CT molecular complexity index is 352. The van der Waals surface area contributed by atoms with Gasteiger partial charge in [-0.25, -0.2) is 4.79 Å². The summed E-state index contributed by atoms with van der Waals surface area (Å²) in [6, 6.07) is 0. The molecule has 116 valence electrons. The Kier molecular flexibility index (Phi) is 4.78. The van der Waals surface area contributed by atoms with Crippen molar-refractivity contribution < 1.29 is 14.3 Å². The van der Waals surface area contributed by atoms with Crippen LogP contribution in [0.1, 0.15) is 72.6 Å². The normalized spacial score (nSPS) is 37.0. The van der Waals surface area contributed by atoms with Crippen LogP contribution in [0.3, 0.4) is 0 Å². The fraction of sp³-hybridized carbons (Fsp3) is 0.941. The lowest BCUT2D eigenvalue weighted by atomic mass is 9.82. The molecule has 0 N–H and O–H groups in total. The minimum atomic E-state index is -0.621. The lowest BCUT2D eigenvalue weighted by Gasteiger charge is -2.19. The van der Waals surface area contributed by atoms with E-state index in [-0.39, 0.29) is 11.6 Å². The summed E-state index contributed by atoms with van der Waals surface area (Å²) in [6.45, 7) is 9.04. The highest BCUT2D eigenvalue weighted by molar-refractivity contribution is 5.85. The van der Waals surface area contributed by atoms with Crippen molar-refractivity contribution in [1.82, 2.24) is 0 Å². The lowest BCUT2D eigenvalue weighted by Crippen LogP contribution is -2.36. The van der Waals surface area contributed by atoms with E-state index in [4.69, 9.17) is 9.47 Å². The molecule has 1 spiro atoms. The van der Waals surface area contributed by atoms with E-state index in [1.54, 1.807) is 0 Å². The maximum Gasteiger partial charge on any atom is 0.341 e. The standard InChI is InChI=1S/C17H30O3/c1-5-10-17(15(18)19-6-2)16(20-17)11-7-8-14(9-12-16)13(3)4/h13-14H,5-12H2,1-4H3. The second-order valence-corrected chi connectivity index (χ2v) is 6.83. The fourth-order valence-corrected chi connectivity index (χ4v) is 4.03. The van der Waals surface area contributed by atoms with Gasteiger partial charge >= 0.3 is 5.97 Å². The average Bonchev–Trinajstić information content (AvgIpc) is 3.09. The summed E-state index contributed by atoms with van der Waals surface area (Å²) >= 11 is 0.